The van der Waals surface area contributed by atoms with E-state index >= 15 is 0 Å². The molecule has 1 N–H and O–H groups in total. The molecule has 4 nitrogen and oxygen atoms in total. The predicted molar refractivity (Wildman–Crippen MR) is 77.2 cm³/mol. The van der Waals surface area contributed by atoms with Crippen molar-refractivity contribution in [1.29, 1.82) is 0 Å². The van der Waals surface area contributed by atoms with E-state index in [9.17, 15) is 8.42 Å². The van der Waals surface area contributed by atoms with Gasteiger partial charge in [-0.2, -0.15) is 0 Å². The van der Waals surface area contributed by atoms with Gasteiger partial charge in [0.25, 0.3) is 0 Å². The molecule has 0 saturated heterocycles. The molecular formula is C14H23NO3S. The van der Waals surface area contributed by atoms with E-state index in [0.29, 0.717) is 12.4 Å². The van der Waals surface area contributed by atoms with E-state index in [-0.39, 0.29) is 10.9 Å². The zero-order valence-electron chi connectivity index (χ0n) is 12.3. The highest BCUT2D eigenvalue weighted by Crippen LogP contribution is 2.27. The van der Waals surface area contributed by atoms with E-state index in [1.165, 1.54) is 0 Å². The van der Waals surface area contributed by atoms with Crippen molar-refractivity contribution in [2.75, 3.05) is 6.61 Å². The molecule has 0 aliphatic heterocycles. The summed E-state index contributed by atoms with van der Waals surface area (Å²) in [5.41, 5.74) is 1.96. The third-order valence-electron chi connectivity index (χ3n) is 3.12. The molecule has 0 fully saturated rings. The Bertz CT molecular complexity index is 538. The molecule has 0 bridgehead atoms. The Hall–Kier alpha value is -1.07. The van der Waals surface area contributed by atoms with Crippen LogP contribution in [0.15, 0.2) is 17.0 Å². The minimum absolute atomic E-state index is 0.0962. The van der Waals surface area contributed by atoms with Crippen molar-refractivity contribution in [1.82, 2.24) is 4.72 Å². The van der Waals surface area contributed by atoms with Crippen LogP contribution in [-0.4, -0.2) is 21.1 Å². The molecule has 0 heterocycles. The lowest BCUT2D eigenvalue weighted by atomic mass is 10.1. The van der Waals surface area contributed by atoms with Crippen molar-refractivity contribution in [3.05, 3.63) is 23.3 Å². The van der Waals surface area contributed by atoms with Gasteiger partial charge in [0.2, 0.25) is 10.0 Å². The van der Waals surface area contributed by atoms with Crippen LogP contribution in [0.5, 0.6) is 5.75 Å². The fourth-order valence-corrected chi connectivity index (χ4v) is 3.19. The molecule has 1 aromatic rings. The molecule has 1 aromatic carbocycles. The Morgan fingerprint density at radius 3 is 2.32 bits per heavy atom. The molecule has 1 atom stereocenters. The largest absolute Gasteiger partial charge is 0.492 e. The summed E-state index contributed by atoms with van der Waals surface area (Å²) in [6, 6.07) is 3.36. The van der Waals surface area contributed by atoms with Gasteiger partial charge in [0, 0.05) is 6.04 Å². The summed E-state index contributed by atoms with van der Waals surface area (Å²) in [5, 5.41) is 0. The van der Waals surface area contributed by atoms with Gasteiger partial charge in [0.05, 0.1) is 6.61 Å². The lowest BCUT2D eigenvalue weighted by molar-refractivity contribution is 0.330. The number of hydrogen-bond acceptors (Lipinski definition) is 3. The van der Waals surface area contributed by atoms with Gasteiger partial charge in [-0.25, -0.2) is 13.1 Å². The number of benzene rings is 1. The van der Waals surface area contributed by atoms with Crippen LogP contribution in [0.3, 0.4) is 0 Å². The van der Waals surface area contributed by atoms with Crippen molar-refractivity contribution in [3.8, 4) is 5.75 Å². The van der Waals surface area contributed by atoms with Gasteiger partial charge in [-0.1, -0.05) is 6.92 Å². The Labute approximate surface area is 116 Å². The molecule has 0 spiro atoms. The molecule has 5 heteroatoms. The number of rotatable bonds is 6. The number of nitrogens with one attached hydrogen (secondary N) is 1. The quantitative estimate of drug-likeness (QED) is 0.874. The Kier molecular flexibility index (Phi) is 5.38. The molecule has 0 aromatic heterocycles. The lowest BCUT2D eigenvalue weighted by Crippen LogP contribution is -2.32. The molecule has 108 valence electrons. The third kappa shape index (κ3) is 3.94. The SMILES string of the molecule is CCOc1cc(C)c(C)cc1S(=O)(=O)N[C@H](C)CC. The predicted octanol–water partition coefficient (Wildman–Crippen LogP) is 2.78. The second-order valence-corrected chi connectivity index (χ2v) is 6.43. The first-order valence-electron chi connectivity index (χ1n) is 6.58. The van der Waals surface area contributed by atoms with Crippen LogP contribution in [0.1, 0.15) is 38.3 Å². The highest BCUT2D eigenvalue weighted by molar-refractivity contribution is 7.89. The van der Waals surface area contributed by atoms with Crippen molar-refractivity contribution < 1.29 is 13.2 Å². The maximum absolute atomic E-state index is 12.4. The van der Waals surface area contributed by atoms with Crippen LogP contribution in [0.4, 0.5) is 0 Å². The van der Waals surface area contributed by atoms with Crippen molar-refractivity contribution in [2.24, 2.45) is 0 Å². The van der Waals surface area contributed by atoms with E-state index in [0.717, 1.165) is 17.5 Å². The maximum atomic E-state index is 12.4. The van der Waals surface area contributed by atoms with Gasteiger partial charge in [0.1, 0.15) is 10.6 Å². The maximum Gasteiger partial charge on any atom is 0.244 e. The molecule has 19 heavy (non-hydrogen) atoms. The zero-order valence-corrected chi connectivity index (χ0v) is 13.1. The van der Waals surface area contributed by atoms with E-state index in [1.807, 2.05) is 34.6 Å². The summed E-state index contributed by atoms with van der Waals surface area (Å²) in [4.78, 5) is 0.220. The van der Waals surface area contributed by atoms with Crippen LogP contribution >= 0.6 is 0 Å². The van der Waals surface area contributed by atoms with E-state index in [1.54, 1.807) is 12.1 Å². The van der Waals surface area contributed by atoms with Gasteiger partial charge in [-0.15, -0.1) is 0 Å². The fraction of sp³-hybridized carbons (Fsp3) is 0.571. The zero-order chi connectivity index (χ0) is 14.6. The average molecular weight is 285 g/mol. The van der Waals surface area contributed by atoms with E-state index in [2.05, 4.69) is 4.72 Å². The normalized spacial score (nSPS) is 13.3. The topological polar surface area (TPSA) is 55.4 Å². The second-order valence-electron chi connectivity index (χ2n) is 4.75. The van der Waals surface area contributed by atoms with Crippen LogP contribution in [0.25, 0.3) is 0 Å². The summed E-state index contributed by atoms with van der Waals surface area (Å²) in [6.07, 6.45) is 0.744. The number of hydrogen-bond donors (Lipinski definition) is 1. The first-order chi connectivity index (χ1) is 8.81. The number of ether oxygens (including phenoxy) is 1. The summed E-state index contributed by atoms with van der Waals surface area (Å²) in [6.45, 7) is 9.90. The Morgan fingerprint density at radius 1 is 1.21 bits per heavy atom. The second kappa shape index (κ2) is 6.39. The summed E-state index contributed by atoms with van der Waals surface area (Å²) >= 11 is 0. The lowest BCUT2D eigenvalue weighted by Gasteiger charge is -2.16. The van der Waals surface area contributed by atoms with Crippen LogP contribution in [0, 0.1) is 13.8 Å². The third-order valence-corrected chi connectivity index (χ3v) is 4.73. The first-order valence-corrected chi connectivity index (χ1v) is 8.06. The van der Waals surface area contributed by atoms with Gasteiger partial charge < -0.3 is 4.74 Å². The molecule has 0 aliphatic rings. The monoisotopic (exact) mass is 285 g/mol. The van der Waals surface area contributed by atoms with Crippen LogP contribution < -0.4 is 9.46 Å². The summed E-state index contributed by atoms with van der Waals surface area (Å²) in [7, 11) is -3.54. The molecule has 0 amide bonds. The summed E-state index contributed by atoms with van der Waals surface area (Å²) < 4.78 is 32.9. The van der Waals surface area contributed by atoms with Gasteiger partial charge >= 0.3 is 0 Å². The fourth-order valence-electron chi connectivity index (χ4n) is 1.65. The molecule has 0 unspecified atom stereocenters. The molecule has 0 saturated carbocycles. The first kappa shape index (κ1) is 16.0. The average Bonchev–Trinajstić information content (AvgIpc) is 2.33. The molecule has 1 rings (SSSR count). The Morgan fingerprint density at radius 2 is 1.79 bits per heavy atom. The molecule has 0 aliphatic carbocycles. The van der Waals surface area contributed by atoms with Gasteiger partial charge in [0.15, 0.2) is 0 Å². The molecular weight excluding hydrogens is 262 g/mol. The van der Waals surface area contributed by atoms with Crippen LogP contribution in [0.2, 0.25) is 0 Å². The van der Waals surface area contributed by atoms with Crippen LogP contribution in [-0.2, 0) is 10.0 Å². The van der Waals surface area contributed by atoms with Crippen molar-refractivity contribution in [2.45, 2.75) is 52.0 Å². The highest BCUT2D eigenvalue weighted by atomic mass is 32.2. The number of aryl methyl sites for hydroxylation is 2. The summed E-state index contributed by atoms with van der Waals surface area (Å²) in [5.74, 6) is 0.418. The smallest absolute Gasteiger partial charge is 0.244 e. The van der Waals surface area contributed by atoms with E-state index in [4.69, 9.17) is 4.74 Å². The molecule has 0 radical (unpaired) electrons. The van der Waals surface area contributed by atoms with Crippen molar-refractivity contribution in [3.63, 3.8) is 0 Å². The van der Waals surface area contributed by atoms with Crippen molar-refractivity contribution >= 4 is 10.0 Å². The van der Waals surface area contributed by atoms with E-state index < -0.39 is 10.0 Å². The van der Waals surface area contributed by atoms with Gasteiger partial charge in [-0.05, 0) is 57.4 Å². The number of sulfonamides is 1. The Balaban J connectivity index is 3.27. The highest BCUT2D eigenvalue weighted by Gasteiger charge is 2.22. The van der Waals surface area contributed by atoms with Gasteiger partial charge in [-0.3, -0.25) is 0 Å². The minimum Gasteiger partial charge on any atom is -0.492 e. The standard InChI is InChI=1S/C14H23NO3S/c1-6-12(5)15-19(16,17)14-9-11(4)10(3)8-13(14)18-7-2/h8-9,12,15H,6-7H2,1-5H3/t12-/m1/s1. The minimum atomic E-state index is -3.54.